The summed E-state index contributed by atoms with van der Waals surface area (Å²) in [6.45, 7) is 2.81. The van der Waals surface area contributed by atoms with Gasteiger partial charge in [-0.15, -0.1) is 0 Å². The van der Waals surface area contributed by atoms with E-state index in [1.165, 1.54) is 24.3 Å². The fraction of sp³-hybridized carbons (Fsp3) is 0.316. The van der Waals surface area contributed by atoms with Gasteiger partial charge in [0.2, 0.25) is 10.0 Å². The SMILES string of the molecule is CCCCCNC(=O)c1ccc(S(=O)(=O)NCc2ccccc2Cl)cc1. The Morgan fingerprint density at radius 3 is 2.38 bits per heavy atom. The summed E-state index contributed by atoms with van der Waals surface area (Å²) in [5.74, 6) is -0.200. The number of rotatable bonds is 9. The molecule has 26 heavy (non-hydrogen) atoms. The Hall–Kier alpha value is -1.89. The third-order valence-corrected chi connectivity index (χ3v) is 5.69. The minimum Gasteiger partial charge on any atom is -0.352 e. The van der Waals surface area contributed by atoms with Gasteiger partial charge in [-0.05, 0) is 42.3 Å². The number of benzene rings is 2. The number of hydrogen-bond acceptors (Lipinski definition) is 3. The van der Waals surface area contributed by atoms with Crippen LogP contribution in [0.4, 0.5) is 0 Å². The number of sulfonamides is 1. The molecular weight excluding hydrogens is 372 g/mol. The van der Waals surface area contributed by atoms with E-state index >= 15 is 0 Å². The maximum Gasteiger partial charge on any atom is 0.251 e. The van der Waals surface area contributed by atoms with Crippen LogP contribution < -0.4 is 10.0 Å². The van der Waals surface area contributed by atoms with E-state index in [0.29, 0.717) is 22.7 Å². The van der Waals surface area contributed by atoms with Gasteiger partial charge in [0, 0.05) is 23.7 Å². The lowest BCUT2D eigenvalue weighted by atomic mass is 10.2. The number of halogens is 1. The minimum atomic E-state index is -3.68. The van der Waals surface area contributed by atoms with Crippen molar-refractivity contribution in [2.45, 2.75) is 37.6 Å². The maximum atomic E-state index is 12.4. The second-order valence-electron chi connectivity index (χ2n) is 5.90. The molecule has 0 saturated carbocycles. The van der Waals surface area contributed by atoms with Gasteiger partial charge in [-0.2, -0.15) is 0 Å². The fourth-order valence-electron chi connectivity index (χ4n) is 2.36. The molecule has 0 spiro atoms. The van der Waals surface area contributed by atoms with E-state index in [1.807, 2.05) is 0 Å². The Labute approximate surface area is 159 Å². The molecule has 0 aliphatic heterocycles. The predicted molar refractivity (Wildman–Crippen MR) is 104 cm³/mol. The zero-order valence-corrected chi connectivity index (χ0v) is 16.2. The molecule has 2 aromatic rings. The molecule has 0 atom stereocenters. The van der Waals surface area contributed by atoms with Gasteiger partial charge >= 0.3 is 0 Å². The van der Waals surface area contributed by atoms with Crippen LogP contribution in [0.2, 0.25) is 5.02 Å². The summed E-state index contributed by atoms with van der Waals surface area (Å²) in [6.07, 6.45) is 3.08. The number of nitrogens with one attached hydrogen (secondary N) is 2. The smallest absolute Gasteiger partial charge is 0.251 e. The molecule has 2 rings (SSSR count). The van der Waals surface area contributed by atoms with Crippen LogP contribution in [0.25, 0.3) is 0 Å². The van der Waals surface area contributed by atoms with Crippen molar-refractivity contribution in [3.8, 4) is 0 Å². The number of carbonyl (C=O) groups is 1. The Bertz CT molecular complexity index is 836. The molecule has 0 bridgehead atoms. The largest absolute Gasteiger partial charge is 0.352 e. The molecule has 1 amide bonds. The second-order valence-corrected chi connectivity index (χ2v) is 8.08. The number of carbonyl (C=O) groups excluding carboxylic acids is 1. The number of unbranched alkanes of at least 4 members (excludes halogenated alkanes) is 2. The molecular formula is C19H23ClN2O3S. The lowest BCUT2D eigenvalue weighted by Crippen LogP contribution is -2.25. The molecule has 2 aromatic carbocycles. The molecule has 0 unspecified atom stereocenters. The van der Waals surface area contributed by atoms with E-state index < -0.39 is 10.0 Å². The van der Waals surface area contributed by atoms with Crippen LogP contribution >= 0.6 is 11.6 Å². The van der Waals surface area contributed by atoms with Crippen LogP contribution in [0.3, 0.4) is 0 Å². The summed E-state index contributed by atoms with van der Waals surface area (Å²) < 4.78 is 27.3. The van der Waals surface area contributed by atoms with Crippen molar-refractivity contribution < 1.29 is 13.2 Å². The van der Waals surface area contributed by atoms with E-state index in [9.17, 15) is 13.2 Å². The standard InChI is InChI=1S/C19H23ClN2O3S/c1-2-3-6-13-21-19(23)15-9-11-17(12-10-15)26(24,25)22-14-16-7-4-5-8-18(16)20/h4-5,7-12,22H,2-3,6,13-14H2,1H3,(H,21,23). The quantitative estimate of drug-likeness (QED) is 0.636. The molecule has 5 nitrogen and oxygen atoms in total. The lowest BCUT2D eigenvalue weighted by molar-refractivity contribution is 0.0953. The molecule has 0 radical (unpaired) electrons. The van der Waals surface area contributed by atoms with Crippen molar-refractivity contribution >= 4 is 27.5 Å². The molecule has 0 aromatic heterocycles. The molecule has 7 heteroatoms. The molecule has 0 aliphatic rings. The number of amides is 1. The average molecular weight is 395 g/mol. The van der Waals surface area contributed by atoms with Gasteiger partial charge in [0.05, 0.1) is 4.90 Å². The van der Waals surface area contributed by atoms with Crippen molar-refractivity contribution in [1.29, 1.82) is 0 Å². The van der Waals surface area contributed by atoms with Crippen molar-refractivity contribution in [1.82, 2.24) is 10.0 Å². The highest BCUT2D eigenvalue weighted by Crippen LogP contribution is 2.16. The van der Waals surface area contributed by atoms with Crippen LogP contribution in [0.1, 0.15) is 42.1 Å². The summed E-state index contributed by atoms with van der Waals surface area (Å²) in [5.41, 5.74) is 1.13. The summed E-state index contributed by atoms with van der Waals surface area (Å²) in [4.78, 5) is 12.1. The normalized spacial score (nSPS) is 11.3. The van der Waals surface area contributed by atoms with Crippen LogP contribution in [0.15, 0.2) is 53.4 Å². The highest BCUT2D eigenvalue weighted by atomic mass is 35.5. The van der Waals surface area contributed by atoms with Crippen molar-refractivity contribution in [3.05, 3.63) is 64.7 Å². The van der Waals surface area contributed by atoms with E-state index in [2.05, 4.69) is 17.0 Å². The third-order valence-electron chi connectivity index (χ3n) is 3.90. The zero-order chi connectivity index (χ0) is 19.0. The Balaban J connectivity index is 1.97. The van der Waals surface area contributed by atoms with E-state index in [1.54, 1.807) is 24.3 Å². The zero-order valence-electron chi connectivity index (χ0n) is 14.7. The molecule has 140 valence electrons. The first-order valence-corrected chi connectivity index (χ1v) is 10.4. The van der Waals surface area contributed by atoms with Crippen LogP contribution in [-0.4, -0.2) is 20.9 Å². The van der Waals surface area contributed by atoms with Crippen LogP contribution in [-0.2, 0) is 16.6 Å². The van der Waals surface area contributed by atoms with Gasteiger partial charge in [0.1, 0.15) is 0 Å². The summed E-state index contributed by atoms with van der Waals surface area (Å²) in [6, 6.07) is 12.9. The van der Waals surface area contributed by atoms with Gasteiger partial charge in [-0.3, -0.25) is 4.79 Å². The van der Waals surface area contributed by atoms with Crippen molar-refractivity contribution in [3.63, 3.8) is 0 Å². The highest BCUT2D eigenvalue weighted by molar-refractivity contribution is 7.89. The molecule has 0 aliphatic carbocycles. The maximum absolute atomic E-state index is 12.4. The summed E-state index contributed by atoms with van der Waals surface area (Å²) in [5, 5.41) is 3.33. The lowest BCUT2D eigenvalue weighted by Gasteiger charge is -2.09. The first kappa shape index (κ1) is 20.4. The predicted octanol–water partition coefficient (Wildman–Crippen LogP) is 3.74. The summed E-state index contributed by atoms with van der Waals surface area (Å²) in [7, 11) is -3.68. The molecule has 0 saturated heterocycles. The van der Waals surface area contributed by atoms with Crippen molar-refractivity contribution in [2.75, 3.05) is 6.54 Å². The summed E-state index contributed by atoms with van der Waals surface area (Å²) >= 11 is 6.04. The Morgan fingerprint density at radius 2 is 1.73 bits per heavy atom. The Morgan fingerprint density at radius 1 is 1.04 bits per heavy atom. The van der Waals surface area contributed by atoms with Gasteiger partial charge < -0.3 is 5.32 Å². The van der Waals surface area contributed by atoms with Crippen LogP contribution in [0, 0.1) is 0 Å². The third kappa shape index (κ3) is 5.83. The molecule has 2 N–H and O–H groups in total. The van der Waals surface area contributed by atoms with Gasteiger partial charge in [0.15, 0.2) is 0 Å². The Kier molecular flexibility index (Phi) is 7.63. The first-order chi connectivity index (χ1) is 12.4. The first-order valence-electron chi connectivity index (χ1n) is 8.55. The van der Waals surface area contributed by atoms with E-state index in [0.717, 1.165) is 19.3 Å². The van der Waals surface area contributed by atoms with Crippen molar-refractivity contribution in [2.24, 2.45) is 0 Å². The van der Waals surface area contributed by atoms with E-state index in [-0.39, 0.29) is 17.3 Å². The van der Waals surface area contributed by atoms with Gasteiger partial charge in [0.25, 0.3) is 5.91 Å². The topological polar surface area (TPSA) is 75.3 Å². The second kappa shape index (κ2) is 9.71. The minimum absolute atomic E-state index is 0.0989. The fourth-order valence-corrected chi connectivity index (χ4v) is 3.57. The van der Waals surface area contributed by atoms with Gasteiger partial charge in [-0.1, -0.05) is 49.6 Å². The van der Waals surface area contributed by atoms with E-state index in [4.69, 9.17) is 11.6 Å². The molecule has 0 heterocycles. The number of hydrogen-bond donors (Lipinski definition) is 2. The average Bonchev–Trinajstić information content (AvgIpc) is 2.64. The van der Waals surface area contributed by atoms with Crippen LogP contribution in [0.5, 0.6) is 0 Å². The highest BCUT2D eigenvalue weighted by Gasteiger charge is 2.15. The monoisotopic (exact) mass is 394 g/mol. The molecule has 0 fully saturated rings. The van der Waals surface area contributed by atoms with Gasteiger partial charge in [-0.25, -0.2) is 13.1 Å².